The maximum atomic E-state index is 11.8. The number of pyridine rings is 1. The molecule has 0 unspecified atom stereocenters. The van der Waals surface area contributed by atoms with Crippen LogP contribution in [0.15, 0.2) is 60.0 Å². The van der Waals surface area contributed by atoms with Gasteiger partial charge in [-0.3, -0.25) is 4.57 Å². The Labute approximate surface area is 211 Å². The average molecular weight is 521 g/mol. The summed E-state index contributed by atoms with van der Waals surface area (Å²) in [6.45, 7) is 0. The quantitative estimate of drug-likeness (QED) is 0.311. The highest BCUT2D eigenvalue weighted by atomic mass is 32.2. The number of nitrogens with zero attached hydrogens (tertiary/aromatic N) is 7. The number of ether oxygens (including phenoxy) is 3. The highest BCUT2D eigenvalue weighted by Gasteiger charge is 2.24. The molecule has 0 aliphatic rings. The van der Waals surface area contributed by atoms with Crippen LogP contribution in [0.25, 0.3) is 39.9 Å². The van der Waals surface area contributed by atoms with Crippen molar-refractivity contribution in [1.82, 2.24) is 34.5 Å². The topological polar surface area (TPSA) is 170 Å². The van der Waals surface area contributed by atoms with Crippen LogP contribution < -0.4 is 19.3 Å². The second kappa shape index (κ2) is 9.40. The van der Waals surface area contributed by atoms with Gasteiger partial charge < -0.3 is 14.2 Å². The number of sulfonamides is 1. The number of imidazole rings is 1. The number of hydrogen-bond donors (Lipinski definition) is 1. The smallest absolute Gasteiger partial charge is 0.273 e. The molecule has 5 aromatic rings. The first-order valence-electron chi connectivity index (χ1n) is 10.7. The van der Waals surface area contributed by atoms with Gasteiger partial charge in [-0.25, -0.2) is 43.5 Å². The van der Waals surface area contributed by atoms with Gasteiger partial charge in [0.1, 0.15) is 28.6 Å². The lowest BCUT2D eigenvalue weighted by atomic mass is 10.2. The number of fused-ring (bicyclic) bond motifs is 1. The van der Waals surface area contributed by atoms with Crippen LogP contribution in [0, 0.1) is 0 Å². The summed E-state index contributed by atoms with van der Waals surface area (Å²) in [5.74, 6) is 1.74. The predicted molar refractivity (Wildman–Crippen MR) is 132 cm³/mol. The Morgan fingerprint density at radius 3 is 2.19 bits per heavy atom. The fraction of sp³-hybridized carbons (Fsp3) is 0.130. The van der Waals surface area contributed by atoms with Crippen molar-refractivity contribution in [2.45, 2.75) is 5.16 Å². The van der Waals surface area contributed by atoms with E-state index in [2.05, 4.69) is 24.9 Å². The highest BCUT2D eigenvalue weighted by Crippen LogP contribution is 2.38. The van der Waals surface area contributed by atoms with Crippen molar-refractivity contribution < 1.29 is 22.6 Å². The van der Waals surface area contributed by atoms with Gasteiger partial charge in [-0.15, -0.1) is 0 Å². The minimum atomic E-state index is -4.12. The minimum absolute atomic E-state index is 0.203. The van der Waals surface area contributed by atoms with Crippen LogP contribution in [0.1, 0.15) is 0 Å². The van der Waals surface area contributed by atoms with Crippen molar-refractivity contribution in [3.05, 3.63) is 54.9 Å². The number of benzene rings is 1. The molecule has 0 saturated heterocycles. The van der Waals surface area contributed by atoms with Crippen LogP contribution >= 0.6 is 0 Å². The van der Waals surface area contributed by atoms with Crippen LogP contribution in [0.4, 0.5) is 0 Å². The summed E-state index contributed by atoms with van der Waals surface area (Å²) in [6, 6.07) is 12.1. The molecule has 0 aliphatic heterocycles. The van der Waals surface area contributed by atoms with Crippen molar-refractivity contribution in [1.29, 1.82) is 0 Å². The van der Waals surface area contributed by atoms with Crippen molar-refractivity contribution in [2.75, 3.05) is 21.3 Å². The molecule has 0 amide bonds. The molecule has 0 radical (unpaired) electrons. The molecular formula is C23H20N8O5S. The van der Waals surface area contributed by atoms with Gasteiger partial charge in [-0.1, -0.05) is 12.1 Å². The van der Waals surface area contributed by atoms with Gasteiger partial charge >= 0.3 is 0 Å². The molecule has 2 N–H and O–H groups in total. The van der Waals surface area contributed by atoms with Crippen molar-refractivity contribution in [3.63, 3.8) is 0 Å². The van der Waals surface area contributed by atoms with Crippen LogP contribution in [0.3, 0.4) is 0 Å². The number of methoxy groups -OCH3 is 3. The van der Waals surface area contributed by atoms with Crippen LogP contribution in [0.5, 0.6) is 17.4 Å². The molecule has 0 spiro atoms. The van der Waals surface area contributed by atoms with Gasteiger partial charge in [0.15, 0.2) is 17.1 Å². The predicted octanol–water partition coefficient (Wildman–Crippen LogP) is 2.01. The minimum Gasteiger partial charge on any atom is -0.494 e. The summed E-state index contributed by atoms with van der Waals surface area (Å²) in [7, 11) is 0.465. The van der Waals surface area contributed by atoms with E-state index in [1.807, 2.05) is 0 Å². The van der Waals surface area contributed by atoms with Crippen LogP contribution in [-0.2, 0) is 10.0 Å². The molecule has 13 nitrogen and oxygen atoms in total. The molecular weight excluding hydrogens is 500 g/mol. The summed E-state index contributed by atoms with van der Waals surface area (Å²) in [5, 5.41) is 4.67. The third-order valence-corrected chi connectivity index (χ3v) is 6.01. The second-order valence-electron chi connectivity index (χ2n) is 7.52. The highest BCUT2D eigenvalue weighted by molar-refractivity contribution is 7.89. The average Bonchev–Trinajstić information content (AvgIpc) is 3.30. The van der Waals surface area contributed by atoms with E-state index < -0.39 is 15.2 Å². The Bertz CT molecular complexity index is 1720. The Morgan fingerprint density at radius 1 is 0.784 bits per heavy atom. The van der Waals surface area contributed by atoms with E-state index in [1.165, 1.54) is 39.8 Å². The second-order valence-corrected chi connectivity index (χ2v) is 8.97. The van der Waals surface area contributed by atoms with Gasteiger partial charge in [0.25, 0.3) is 15.2 Å². The molecule has 1 aromatic carbocycles. The summed E-state index contributed by atoms with van der Waals surface area (Å²) in [6.07, 6.45) is 2.71. The lowest BCUT2D eigenvalue weighted by Gasteiger charge is -2.16. The SMILES string of the molecule is COc1cccc(-c2nc3ncc(-c4ccnc(S(N)(=O)=O)n4)nc3n2-c2c(OC)cccc2OC)n1. The summed E-state index contributed by atoms with van der Waals surface area (Å²) in [5.41, 5.74) is 2.06. The Balaban J connectivity index is 1.84. The van der Waals surface area contributed by atoms with E-state index in [9.17, 15) is 8.42 Å². The largest absolute Gasteiger partial charge is 0.494 e. The third-order valence-electron chi connectivity index (χ3n) is 5.31. The molecule has 0 aliphatic carbocycles. The zero-order chi connectivity index (χ0) is 26.2. The van der Waals surface area contributed by atoms with E-state index in [0.717, 1.165) is 0 Å². The maximum Gasteiger partial charge on any atom is 0.273 e. The summed E-state index contributed by atoms with van der Waals surface area (Å²) < 4.78 is 41.8. The van der Waals surface area contributed by atoms with Crippen LogP contribution in [-0.4, -0.2) is 64.2 Å². The monoisotopic (exact) mass is 520 g/mol. The standard InChI is InChI=1S/C23H20N8O5S/c1-34-16-7-5-8-17(35-2)19(16)31-21(14-6-4-9-18(27-14)36-3)30-20-22(31)28-15(12-26-20)13-10-11-25-23(29-13)37(24,32)33/h4-12H,1-3H3,(H2,24,32,33). The molecule has 0 atom stereocenters. The molecule has 37 heavy (non-hydrogen) atoms. The zero-order valence-electron chi connectivity index (χ0n) is 19.9. The molecule has 5 rings (SSSR count). The lowest BCUT2D eigenvalue weighted by Crippen LogP contribution is -2.16. The zero-order valence-corrected chi connectivity index (χ0v) is 20.7. The van der Waals surface area contributed by atoms with Crippen molar-refractivity contribution in [3.8, 4) is 46.0 Å². The fourth-order valence-electron chi connectivity index (χ4n) is 3.69. The van der Waals surface area contributed by atoms with Gasteiger partial charge in [0.2, 0.25) is 5.88 Å². The lowest BCUT2D eigenvalue weighted by molar-refractivity contribution is 0.391. The van der Waals surface area contributed by atoms with E-state index >= 15 is 0 Å². The molecule has 188 valence electrons. The Kier molecular flexibility index (Phi) is 6.11. The van der Waals surface area contributed by atoms with E-state index in [1.54, 1.807) is 41.0 Å². The summed E-state index contributed by atoms with van der Waals surface area (Å²) in [4.78, 5) is 26.2. The maximum absolute atomic E-state index is 11.8. The first-order valence-corrected chi connectivity index (χ1v) is 12.2. The number of rotatable bonds is 7. The van der Waals surface area contributed by atoms with E-state index in [-0.39, 0.29) is 17.0 Å². The first kappa shape index (κ1) is 24.0. The molecule has 0 fully saturated rings. The first-order chi connectivity index (χ1) is 17.8. The third kappa shape index (κ3) is 4.39. The van der Waals surface area contributed by atoms with Crippen molar-refractivity contribution in [2.24, 2.45) is 5.14 Å². The van der Waals surface area contributed by atoms with Gasteiger partial charge in [0.05, 0.1) is 33.2 Å². The van der Waals surface area contributed by atoms with Crippen molar-refractivity contribution >= 4 is 21.3 Å². The Hall–Kier alpha value is -4.69. The number of aromatic nitrogens is 7. The number of primary sulfonamides is 1. The molecule has 0 saturated carbocycles. The van der Waals surface area contributed by atoms with Gasteiger partial charge in [-0.2, -0.15) is 0 Å². The summed E-state index contributed by atoms with van der Waals surface area (Å²) >= 11 is 0. The molecule has 4 aromatic heterocycles. The molecule has 0 bridgehead atoms. The van der Waals surface area contributed by atoms with Gasteiger partial charge in [0, 0.05) is 12.3 Å². The number of hydrogen-bond acceptors (Lipinski definition) is 11. The van der Waals surface area contributed by atoms with Gasteiger partial charge in [-0.05, 0) is 24.3 Å². The number of para-hydroxylation sites is 1. The normalized spacial score (nSPS) is 11.5. The Morgan fingerprint density at radius 2 is 1.51 bits per heavy atom. The van der Waals surface area contributed by atoms with E-state index in [0.29, 0.717) is 40.2 Å². The van der Waals surface area contributed by atoms with Crippen LogP contribution in [0.2, 0.25) is 0 Å². The molecule has 14 heteroatoms. The molecule has 4 heterocycles. The number of nitrogens with two attached hydrogens (primary N) is 1. The van der Waals surface area contributed by atoms with E-state index in [4.69, 9.17) is 24.3 Å². The fourth-order valence-corrected chi connectivity index (χ4v) is 4.12.